The van der Waals surface area contributed by atoms with E-state index in [-0.39, 0.29) is 0 Å². The molecule has 0 aliphatic heterocycles. The quantitative estimate of drug-likeness (QED) is 0.119. The summed E-state index contributed by atoms with van der Waals surface area (Å²) >= 11 is 5.43. The van der Waals surface area contributed by atoms with Gasteiger partial charge in [-0.15, -0.1) is 34.0 Å². The SMILES string of the molecule is c1ccc(-c2cc(-c3nc4cc5sc6ccccc6c5cc4c4ccccc34)nc(-c3ccccc3)n2)cc1.c1ccc(-c2nc(-c3ccccc3)nc(-c3ccc(-c4nc5cc6sc7ccccc7c6cc5c5ccccc45)cc3)n2)cc1.c1cncc(-c2nc(-c3cccnc3)nc(-c3nc4cc5sc6ccccc6c5cc4c4ccccc34)n2)c1. The van der Waals surface area contributed by atoms with Crippen LogP contribution < -0.4 is 0 Å². The number of thiophene rings is 3. The molecule has 25 aromatic rings. The second kappa shape index (κ2) is 30.8. The molecule has 0 aliphatic carbocycles. The third-order valence-electron chi connectivity index (χ3n) is 22.5. The summed E-state index contributed by atoms with van der Waals surface area (Å²) in [5.74, 6) is 4.22. The highest BCUT2D eigenvalue weighted by Crippen LogP contribution is 2.45. The van der Waals surface area contributed by atoms with Crippen LogP contribution in [0.25, 0.3) is 239 Å². The van der Waals surface area contributed by atoms with E-state index in [0.29, 0.717) is 40.8 Å². The van der Waals surface area contributed by atoms with Crippen molar-refractivity contribution < 1.29 is 0 Å². The fraction of sp³-hybridized carbons (Fsp3) is 0. The van der Waals surface area contributed by atoms with E-state index in [1.54, 1.807) is 36.1 Å². The molecule has 25 rings (SSSR count). The average molecular weight is 1630 g/mol. The van der Waals surface area contributed by atoms with Crippen LogP contribution in [0, 0.1) is 0 Å². The molecule has 14 aromatic carbocycles. The van der Waals surface area contributed by atoms with Crippen molar-refractivity contribution >= 4 is 160 Å². The topological polar surface area (TPSA) is 168 Å². The van der Waals surface area contributed by atoms with Crippen molar-refractivity contribution in [3.05, 3.63) is 383 Å². The summed E-state index contributed by atoms with van der Waals surface area (Å²) in [4.78, 5) is 63.6. The van der Waals surface area contributed by atoms with Gasteiger partial charge in [0.05, 0.1) is 39.3 Å². The van der Waals surface area contributed by atoms with Crippen molar-refractivity contribution in [3.8, 4) is 114 Å². The number of hydrogen-bond donors (Lipinski definition) is 0. The zero-order valence-corrected chi connectivity index (χ0v) is 67.9. The molecule has 574 valence electrons. The molecule has 0 N–H and O–H groups in total. The molecule has 0 unspecified atom stereocenters. The average Bonchev–Trinajstić information content (AvgIpc) is 1.70. The third-order valence-corrected chi connectivity index (χ3v) is 25.9. The minimum Gasteiger partial charge on any atom is -0.264 e. The smallest absolute Gasteiger partial charge is 0.183 e. The monoisotopic (exact) mass is 1630 g/mol. The van der Waals surface area contributed by atoms with Gasteiger partial charge in [0.15, 0.2) is 40.8 Å². The highest BCUT2D eigenvalue weighted by molar-refractivity contribution is 7.26. The number of rotatable bonds is 10. The van der Waals surface area contributed by atoms with Crippen molar-refractivity contribution in [1.82, 2.24) is 64.8 Å². The van der Waals surface area contributed by atoms with Crippen LogP contribution in [-0.2, 0) is 0 Å². The van der Waals surface area contributed by atoms with Crippen molar-refractivity contribution in [3.63, 3.8) is 0 Å². The summed E-state index contributed by atoms with van der Waals surface area (Å²) in [6.07, 6.45) is 6.99. The van der Waals surface area contributed by atoms with Gasteiger partial charge in [-0.05, 0) is 101 Å². The Morgan fingerprint density at radius 1 is 0.154 bits per heavy atom. The summed E-state index contributed by atoms with van der Waals surface area (Å²) in [5.41, 5.74) is 14.7. The number of hydrogen-bond acceptors (Lipinski definition) is 16. The summed E-state index contributed by atoms with van der Waals surface area (Å²) in [6.45, 7) is 0. The standard InChI is InChI=1S/C40H24N4S.C35H21N3S.C32H18N6S/c1-3-11-26(12-4-1)38-42-39(27-13-5-2-6-14-27)44-40(43-38)28-21-19-25(20-22-28)37-31-17-8-7-15-29(31)32-23-33-30-16-9-10-18-35(30)45-36(33)24-34(32)41-37;1-3-11-22(12-4-1)29-20-31(38-35(37-29)23-13-5-2-6-14-23)34-26-17-8-7-15-24(26)27-19-28-25-16-9-10-18-32(25)39-33(28)21-30(27)36-34;1-2-11-23-21(9-1)24-15-25-22-10-3-4-12-27(22)39-28(25)16-26(24)35-29(23)32-37-30(19-7-5-13-33-17-19)36-31(38-32)20-8-6-14-34-18-20/h1-24H;1-21H;1-18H. The Hall–Kier alpha value is -15.9. The third kappa shape index (κ3) is 13.5. The molecule has 0 saturated heterocycles. The van der Waals surface area contributed by atoms with Gasteiger partial charge in [0, 0.05) is 162 Å². The van der Waals surface area contributed by atoms with Crippen molar-refractivity contribution in [2.75, 3.05) is 0 Å². The van der Waals surface area contributed by atoms with Crippen LogP contribution in [0.1, 0.15) is 0 Å². The van der Waals surface area contributed by atoms with Gasteiger partial charge in [0.25, 0.3) is 0 Å². The van der Waals surface area contributed by atoms with Gasteiger partial charge in [0.2, 0.25) is 0 Å². The first-order chi connectivity index (χ1) is 60.9. The van der Waals surface area contributed by atoms with Gasteiger partial charge < -0.3 is 0 Å². The molecule has 0 radical (unpaired) electrons. The summed E-state index contributed by atoms with van der Waals surface area (Å²) in [6, 6.07) is 124. The molecule has 0 amide bonds. The summed E-state index contributed by atoms with van der Waals surface area (Å²) < 4.78 is 7.57. The number of pyridine rings is 5. The maximum Gasteiger partial charge on any atom is 0.183 e. The second-order valence-corrected chi connectivity index (χ2v) is 33.3. The Balaban J connectivity index is 0.000000107. The fourth-order valence-electron chi connectivity index (χ4n) is 16.6. The highest BCUT2D eigenvalue weighted by Gasteiger charge is 2.23. The first kappa shape index (κ1) is 72.4. The van der Waals surface area contributed by atoms with E-state index in [1.165, 1.54) is 76.7 Å². The fourth-order valence-corrected chi connectivity index (χ4v) is 20.0. The van der Waals surface area contributed by atoms with E-state index in [0.717, 1.165) is 122 Å². The van der Waals surface area contributed by atoms with Gasteiger partial charge in [-0.3, -0.25) is 9.97 Å². The first-order valence-electron chi connectivity index (χ1n) is 40.4. The molecule has 0 aliphatic rings. The number of benzene rings is 14. The van der Waals surface area contributed by atoms with Crippen LogP contribution in [0.5, 0.6) is 0 Å². The lowest BCUT2D eigenvalue weighted by Crippen LogP contribution is -2.02. The van der Waals surface area contributed by atoms with Crippen LogP contribution in [0.3, 0.4) is 0 Å². The minimum atomic E-state index is 0.511. The molecule has 16 heteroatoms. The van der Waals surface area contributed by atoms with E-state index in [4.69, 9.17) is 54.8 Å². The Morgan fingerprint density at radius 2 is 0.447 bits per heavy atom. The molecule has 0 spiro atoms. The molecular weight excluding hydrogens is 1560 g/mol. The lowest BCUT2D eigenvalue weighted by molar-refractivity contribution is 1.06. The van der Waals surface area contributed by atoms with Crippen LogP contribution in [0.2, 0.25) is 0 Å². The van der Waals surface area contributed by atoms with Gasteiger partial charge in [-0.25, -0.2) is 54.8 Å². The lowest BCUT2D eigenvalue weighted by atomic mass is 9.98. The Kier molecular flexibility index (Phi) is 18.1. The molecule has 11 heterocycles. The molecule has 0 bridgehead atoms. The number of aromatic nitrogens is 13. The zero-order valence-electron chi connectivity index (χ0n) is 65.4. The minimum absolute atomic E-state index is 0.511. The van der Waals surface area contributed by atoms with Gasteiger partial charge >= 0.3 is 0 Å². The van der Waals surface area contributed by atoms with Gasteiger partial charge in [-0.2, -0.15) is 0 Å². The normalized spacial score (nSPS) is 11.6. The lowest BCUT2D eigenvalue weighted by Gasteiger charge is -2.12. The molecular formula is C107H63N13S3. The van der Waals surface area contributed by atoms with Crippen molar-refractivity contribution in [1.29, 1.82) is 0 Å². The number of nitrogens with zero attached hydrogens (tertiary/aromatic N) is 13. The maximum absolute atomic E-state index is 5.28. The Labute approximate surface area is 715 Å². The Bertz CT molecular complexity index is 7940. The van der Waals surface area contributed by atoms with E-state index in [2.05, 4.69) is 240 Å². The largest absolute Gasteiger partial charge is 0.264 e. The molecule has 11 aromatic heterocycles. The van der Waals surface area contributed by atoms with Gasteiger partial charge in [0.1, 0.15) is 5.69 Å². The van der Waals surface area contributed by atoms with Crippen molar-refractivity contribution in [2.24, 2.45) is 0 Å². The zero-order chi connectivity index (χ0) is 81.3. The summed E-state index contributed by atoms with van der Waals surface area (Å²) in [7, 11) is 0. The van der Waals surface area contributed by atoms with Crippen LogP contribution in [-0.4, -0.2) is 64.8 Å². The highest BCUT2D eigenvalue weighted by atomic mass is 32.1. The summed E-state index contributed by atoms with van der Waals surface area (Å²) in [5, 5.41) is 17.8. The molecule has 0 saturated carbocycles. The predicted octanol–water partition coefficient (Wildman–Crippen LogP) is 27.9. The second-order valence-electron chi connectivity index (χ2n) is 30.0. The molecule has 13 nitrogen and oxygen atoms in total. The van der Waals surface area contributed by atoms with E-state index >= 15 is 0 Å². The maximum atomic E-state index is 5.28. The van der Waals surface area contributed by atoms with Crippen LogP contribution >= 0.6 is 34.0 Å². The van der Waals surface area contributed by atoms with Crippen LogP contribution in [0.15, 0.2) is 383 Å². The van der Waals surface area contributed by atoms with Crippen molar-refractivity contribution in [2.45, 2.75) is 0 Å². The first-order valence-corrected chi connectivity index (χ1v) is 42.8. The molecule has 123 heavy (non-hydrogen) atoms. The van der Waals surface area contributed by atoms with Crippen LogP contribution in [0.4, 0.5) is 0 Å². The van der Waals surface area contributed by atoms with Gasteiger partial charge in [-0.1, -0.05) is 273 Å². The van der Waals surface area contributed by atoms with E-state index in [1.807, 2.05) is 150 Å². The predicted molar refractivity (Wildman–Crippen MR) is 509 cm³/mol. The Morgan fingerprint density at radius 3 is 0.854 bits per heavy atom. The number of fused-ring (bicyclic) bond motifs is 18. The molecule has 0 fully saturated rings. The van der Waals surface area contributed by atoms with E-state index in [9.17, 15) is 0 Å². The molecule has 0 atom stereocenters. The van der Waals surface area contributed by atoms with E-state index < -0.39 is 0 Å².